The van der Waals surface area contributed by atoms with E-state index < -0.39 is 0 Å². The van der Waals surface area contributed by atoms with Crippen LogP contribution in [0.3, 0.4) is 0 Å². The first-order chi connectivity index (χ1) is 33.2. The number of hydrogen-bond donors (Lipinski definition) is 1. The lowest BCUT2D eigenvalue weighted by Gasteiger charge is -2.25. The summed E-state index contributed by atoms with van der Waals surface area (Å²) >= 11 is 0. The summed E-state index contributed by atoms with van der Waals surface area (Å²) in [5.41, 5.74) is 16.5. The Balaban J connectivity index is 0.900. The summed E-state index contributed by atoms with van der Waals surface area (Å²) in [6, 6.07) is 87.8. The van der Waals surface area contributed by atoms with E-state index in [2.05, 4.69) is 222 Å². The first-order valence-corrected chi connectivity index (χ1v) is 22.7. The highest BCUT2D eigenvalue weighted by Gasteiger charge is 2.24. The third kappa shape index (κ3) is 7.58. The lowest BCUT2D eigenvalue weighted by molar-refractivity contribution is 0.674. The van der Waals surface area contributed by atoms with E-state index in [1.165, 1.54) is 27.5 Å². The molecule has 1 aromatic heterocycles. The first-order valence-electron chi connectivity index (χ1n) is 22.7. The molecule has 0 aliphatic carbocycles. The van der Waals surface area contributed by atoms with Crippen molar-refractivity contribution in [3.63, 3.8) is 0 Å². The minimum atomic E-state index is -0.333. The summed E-state index contributed by atoms with van der Waals surface area (Å²) in [5, 5.41) is 6.00. The summed E-state index contributed by atoms with van der Waals surface area (Å²) < 4.78 is 2.26. The minimum Gasteiger partial charge on any atom is -0.344 e. The Hall–Kier alpha value is -8.93. The van der Waals surface area contributed by atoms with Crippen LogP contribution in [0.4, 0.5) is 0 Å². The van der Waals surface area contributed by atoms with E-state index in [0.29, 0.717) is 5.84 Å². The van der Waals surface area contributed by atoms with Gasteiger partial charge in [-0.25, -0.2) is 15.0 Å². The monoisotopic (exact) mass is 857 g/mol. The van der Waals surface area contributed by atoms with Crippen LogP contribution in [0.1, 0.15) is 22.9 Å². The number of benzene rings is 10. The number of para-hydroxylation sites is 2. The van der Waals surface area contributed by atoms with E-state index in [1.807, 2.05) is 36.4 Å². The minimum absolute atomic E-state index is 0.333. The maximum absolute atomic E-state index is 5.34. The first kappa shape index (κ1) is 39.6. The van der Waals surface area contributed by atoms with Gasteiger partial charge in [-0.2, -0.15) is 0 Å². The van der Waals surface area contributed by atoms with Gasteiger partial charge in [0, 0.05) is 22.4 Å². The predicted molar refractivity (Wildman–Crippen MR) is 278 cm³/mol. The number of fused-ring (bicyclic) bond motifs is 2. The Labute approximate surface area is 389 Å². The van der Waals surface area contributed by atoms with Gasteiger partial charge in [0.1, 0.15) is 17.8 Å². The van der Waals surface area contributed by atoms with Gasteiger partial charge in [0.05, 0.1) is 11.0 Å². The van der Waals surface area contributed by atoms with Gasteiger partial charge in [-0.1, -0.05) is 218 Å². The number of aromatic nitrogens is 2. The smallest absolute Gasteiger partial charge is 0.160 e. The molecule has 0 saturated carbocycles. The molecule has 67 heavy (non-hydrogen) atoms. The Morgan fingerprint density at radius 1 is 0.373 bits per heavy atom. The predicted octanol–water partition coefficient (Wildman–Crippen LogP) is 15.0. The molecule has 1 N–H and O–H groups in total. The zero-order valence-corrected chi connectivity index (χ0v) is 36.5. The number of nitrogens with zero attached hydrogens (tertiary/aromatic N) is 4. The van der Waals surface area contributed by atoms with Crippen LogP contribution in [0.25, 0.3) is 83.4 Å². The van der Waals surface area contributed by atoms with Crippen molar-refractivity contribution in [3.05, 3.63) is 265 Å². The molecule has 0 saturated heterocycles. The maximum Gasteiger partial charge on any atom is 0.160 e. The highest BCUT2D eigenvalue weighted by molar-refractivity contribution is 6.17. The Morgan fingerprint density at radius 3 is 1.64 bits per heavy atom. The molecule has 10 aromatic carbocycles. The van der Waals surface area contributed by atoms with Crippen molar-refractivity contribution in [2.75, 3.05) is 0 Å². The second-order valence-electron chi connectivity index (χ2n) is 16.8. The molecule has 5 nitrogen and oxygen atoms in total. The van der Waals surface area contributed by atoms with Crippen molar-refractivity contribution in [2.45, 2.75) is 6.17 Å². The van der Waals surface area contributed by atoms with Crippen LogP contribution in [0, 0.1) is 0 Å². The molecule has 11 aromatic rings. The quantitative estimate of drug-likeness (QED) is 0.157. The van der Waals surface area contributed by atoms with Gasteiger partial charge in [-0.3, -0.25) is 4.57 Å². The van der Waals surface area contributed by atoms with E-state index in [1.54, 1.807) is 0 Å². The molecule has 0 radical (unpaired) electrons. The zero-order valence-electron chi connectivity index (χ0n) is 36.5. The standard InChI is InChI=1S/C62H43N5/c1-4-17-42(18-5-1)43-33-35-46(36-34-43)60-64-59(45-19-6-2-7-20-45)65-61(66-60)56-26-11-10-25-55(56)54-30-16-28-52-51(27-15-29-53(52)54)49-24-14-23-48(41-49)44-37-39-50(40-38-44)67-58-32-13-12-31-57(58)63-62(67)47-21-8-3-9-22-47/h1-41,60H,(H,64,65,66). The van der Waals surface area contributed by atoms with Crippen LogP contribution in [-0.2, 0) is 0 Å². The van der Waals surface area contributed by atoms with Gasteiger partial charge in [-0.05, 0) is 91.2 Å². The van der Waals surface area contributed by atoms with E-state index >= 15 is 0 Å². The van der Waals surface area contributed by atoms with E-state index in [0.717, 1.165) is 78.5 Å². The second-order valence-corrected chi connectivity index (χ2v) is 16.8. The van der Waals surface area contributed by atoms with Crippen LogP contribution in [-0.4, -0.2) is 21.2 Å². The normalized spacial score (nSPS) is 13.5. The Kier molecular flexibility index (Phi) is 10.2. The lowest BCUT2D eigenvalue weighted by Crippen LogP contribution is -2.33. The van der Waals surface area contributed by atoms with Crippen molar-refractivity contribution in [3.8, 4) is 61.6 Å². The van der Waals surface area contributed by atoms with Crippen molar-refractivity contribution in [2.24, 2.45) is 9.98 Å². The molecule has 2 heterocycles. The fourth-order valence-corrected chi connectivity index (χ4v) is 9.42. The molecule has 1 unspecified atom stereocenters. The summed E-state index contributed by atoms with van der Waals surface area (Å²) in [6.45, 7) is 0. The topological polar surface area (TPSA) is 54.6 Å². The van der Waals surface area contributed by atoms with Gasteiger partial charge >= 0.3 is 0 Å². The van der Waals surface area contributed by atoms with E-state index in [9.17, 15) is 0 Å². The van der Waals surface area contributed by atoms with Crippen molar-refractivity contribution < 1.29 is 0 Å². The molecule has 5 heteroatoms. The van der Waals surface area contributed by atoms with Gasteiger partial charge in [0.15, 0.2) is 5.84 Å². The summed E-state index contributed by atoms with van der Waals surface area (Å²) in [7, 11) is 0. The van der Waals surface area contributed by atoms with E-state index in [4.69, 9.17) is 15.0 Å². The number of amidine groups is 2. The molecule has 0 amide bonds. The van der Waals surface area contributed by atoms with Gasteiger partial charge < -0.3 is 5.32 Å². The van der Waals surface area contributed by atoms with E-state index in [-0.39, 0.29) is 6.17 Å². The third-order valence-corrected chi connectivity index (χ3v) is 12.7. The molecular formula is C62H43N5. The molecule has 0 bridgehead atoms. The third-order valence-electron chi connectivity index (χ3n) is 12.7. The van der Waals surface area contributed by atoms with Gasteiger partial charge in [0.25, 0.3) is 0 Å². The summed E-state index contributed by atoms with van der Waals surface area (Å²) in [4.78, 5) is 15.6. The number of nitrogens with one attached hydrogen (secondary N) is 1. The van der Waals surface area contributed by atoms with Crippen LogP contribution in [0.2, 0.25) is 0 Å². The molecule has 316 valence electrons. The van der Waals surface area contributed by atoms with Crippen molar-refractivity contribution in [1.82, 2.24) is 14.9 Å². The number of rotatable bonds is 9. The molecule has 1 aliphatic rings. The lowest BCUT2D eigenvalue weighted by atomic mass is 9.90. The molecule has 0 fully saturated rings. The average molecular weight is 858 g/mol. The number of hydrogen-bond acceptors (Lipinski definition) is 4. The fraction of sp³-hybridized carbons (Fsp3) is 0.0161. The Morgan fingerprint density at radius 2 is 0.896 bits per heavy atom. The highest BCUT2D eigenvalue weighted by Crippen LogP contribution is 2.39. The van der Waals surface area contributed by atoms with Crippen molar-refractivity contribution in [1.29, 1.82) is 0 Å². The molecule has 1 atom stereocenters. The largest absolute Gasteiger partial charge is 0.344 e. The maximum atomic E-state index is 5.34. The number of aliphatic imine (C=N–C) groups is 2. The van der Waals surface area contributed by atoms with Gasteiger partial charge in [-0.15, -0.1) is 0 Å². The van der Waals surface area contributed by atoms with Crippen LogP contribution < -0.4 is 5.32 Å². The second kappa shape index (κ2) is 17.2. The molecule has 0 spiro atoms. The van der Waals surface area contributed by atoms with Crippen LogP contribution >= 0.6 is 0 Å². The Bertz CT molecular complexity index is 3630. The number of imidazole rings is 1. The van der Waals surface area contributed by atoms with Crippen molar-refractivity contribution >= 4 is 33.5 Å². The van der Waals surface area contributed by atoms with Crippen LogP contribution in [0.15, 0.2) is 259 Å². The zero-order chi connectivity index (χ0) is 44.5. The molecule has 1 aliphatic heterocycles. The van der Waals surface area contributed by atoms with Crippen LogP contribution in [0.5, 0.6) is 0 Å². The molecule has 12 rings (SSSR count). The summed E-state index contributed by atoms with van der Waals surface area (Å²) in [6.07, 6.45) is -0.333. The van der Waals surface area contributed by atoms with Gasteiger partial charge in [0.2, 0.25) is 0 Å². The highest BCUT2D eigenvalue weighted by atomic mass is 15.2. The molecular weight excluding hydrogens is 815 g/mol. The fourth-order valence-electron chi connectivity index (χ4n) is 9.42. The SMILES string of the molecule is c1ccc(C2=NC(c3ccccc3-c3cccc4c(-c5cccc(-c6ccc(-n7c(-c8ccccc8)nc8ccccc87)cc6)c5)cccc34)=NC(c3ccc(-c4ccccc4)cc3)N2)cc1. The summed E-state index contributed by atoms with van der Waals surface area (Å²) in [5.74, 6) is 2.41. The average Bonchev–Trinajstić information content (AvgIpc) is 3.81.